The minimum atomic E-state index is -0.135. The molecular formula is C22H24N2O2. The van der Waals surface area contributed by atoms with Gasteiger partial charge in [0.2, 0.25) is 0 Å². The van der Waals surface area contributed by atoms with Crippen molar-refractivity contribution in [3.05, 3.63) is 67.0 Å². The Morgan fingerprint density at radius 1 is 0.923 bits per heavy atom. The van der Waals surface area contributed by atoms with Crippen molar-refractivity contribution in [2.24, 2.45) is 0 Å². The van der Waals surface area contributed by atoms with Gasteiger partial charge in [0.05, 0.1) is 24.8 Å². The predicted octanol–water partition coefficient (Wildman–Crippen LogP) is 4.95. The molecule has 3 aromatic rings. The number of ether oxygens (including phenoxy) is 1. The molecular weight excluding hydrogens is 324 g/mol. The van der Waals surface area contributed by atoms with E-state index in [4.69, 9.17) is 9.72 Å². The Balaban J connectivity index is 1.78. The number of hydrogen-bond donors (Lipinski definition) is 0. The quantitative estimate of drug-likeness (QED) is 0.427. The Morgan fingerprint density at radius 3 is 2.23 bits per heavy atom. The van der Waals surface area contributed by atoms with Gasteiger partial charge in [-0.2, -0.15) is 0 Å². The van der Waals surface area contributed by atoms with Gasteiger partial charge < -0.3 is 9.30 Å². The molecule has 26 heavy (non-hydrogen) atoms. The van der Waals surface area contributed by atoms with Crippen LogP contribution in [-0.2, 0) is 16.1 Å². The maximum atomic E-state index is 11.2. The first-order chi connectivity index (χ1) is 12.8. The molecule has 0 amide bonds. The smallest absolute Gasteiger partial charge is 0.305 e. The number of hydrogen-bond acceptors (Lipinski definition) is 3. The number of rotatable bonds is 8. The summed E-state index contributed by atoms with van der Waals surface area (Å²) in [5, 5.41) is 0. The number of esters is 1. The molecule has 0 radical (unpaired) electrons. The van der Waals surface area contributed by atoms with Crippen LogP contribution in [0.2, 0.25) is 0 Å². The molecule has 1 aromatic heterocycles. The summed E-state index contributed by atoms with van der Waals surface area (Å²) in [4.78, 5) is 15.9. The Bertz CT molecular complexity index is 826. The van der Waals surface area contributed by atoms with Crippen LogP contribution in [0.1, 0.15) is 25.7 Å². The molecule has 4 heteroatoms. The van der Waals surface area contributed by atoms with Crippen molar-refractivity contribution in [1.29, 1.82) is 0 Å². The van der Waals surface area contributed by atoms with E-state index in [1.54, 1.807) is 0 Å². The molecule has 0 aliphatic rings. The number of nitrogens with zero attached hydrogens (tertiary/aromatic N) is 2. The lowest BCUT2D eigenvalue weighted by Crippen LogP contribution is -2.02. The molecule has 0 saturated carbocycles. The molecule has 0 N–H and O–H groups in total. The van der Waals surface area contributed by atoms with E-state index in [-0.39, 0.29) is 5.97 Å². The van der Waals surface area contributed by atoms with Crippen LogP contribution in [0.25, 0.3) is 22.5 Å². The van der Waals surface area contributed by atoms with Gasteiger partial charge in [-0.1, -0.05) is 67.1 Å². The van der Waals surface area contributed by atoms with E-state index in [1.165, 1.54) is 12.7 Å². The van der Waals surface area contributed by atoms with Gasteiger partial charge in [-0.3, -0.25) is 4.79 Å². The van der Waals surface area contributed by atoms with Crippen molar-refractivity contribution in [1.82, 2.24) is 9.55 Å². The molecule has 0 bridgehead atoms. The van der Waals surface area contributed by atoms with Crippen LogP contribution in [-0.4, -0.2) is 22.6 Å². The molecule has 4 nitrogen and oxygen atoms in total. The number of carbonyl (C=O) groups is 1. The van der Waals surface area contributed by atoms with Gasteiger partial charge >= 0.3 is 5.97 Å². The number of carbonyl (C=O) groups excluding carboxylic acids is 1. The van der Waals surface area contributed by atoms with Gasteiger partial charge in [-0.25, -0.2) is 4.98 Å². The molecule has 0 unspecified atom stereocenters. The summed E-state index contributed by atoms with van der Waals surface area (Å²) in [6.07, 6.45) is 5.25. The van der Waals surface area contributed by atoms with Crippen molar-refractivity contribution in [3.63, 3.8) is 0 Å². The Kier molecular flexibility index (Phi) is 6.20. The zero-order valence-corrected chi connectivity index (χ0v) is 15.1. The predicted molar refractivity (Wildman–Crippen MR) is 104 cm³/mol. The molecule has 134 valence electrons. The summed E-state index contributed by atoms with van der Waals surface area (Å²) >= 11 is 0. The monoisotopic (exact) mass is 348 g/mol. The summed E-state index contributed by atoms with van der Waals surface area (Å²) in [6.45, 7) is 0.880. The van der Waals surface area contributed by atoms with Gasteiger partial charge in [0.1, 0.15) is 0 Å². The molecule has 1 heterocycles. The van der Waals surface area contributed by atoms with Gasteiger partial charge in [0.25, 0.3) is 0 Å². The standard InChI is InChI=1S/C22H24N2O2/c1-26-20(25)15-9-4-10-16-24-17-23-21(18-11-5-2-6-12-18)22(24)19-13-7-3-8-14-19/h2-3,5-8,11-14,17H,4,9-10,15-16H2,1H3. The highest BCUT2D eigenvalue weighted by Gasteiger charge is 2.14. The van der Waals surface area contributed by atoms with E-state index in [0.29, 0.717) is 6.42 Å². The number of imidazole rings is 1. The van der Waals surface area contributed by atoms with Crippen LogP contribution in [0.4, 0.5) is 0 Å². The number of benzene rings is 2. The molecule has 0 fully saturated rings. The van der Waals surface area contributed by atoms with Gasteiger partial charge in [-0.15, -0.1) is 0 Å². The molecule has 0 aliphatic carbocycles. The normalized spacial score (nSPS) is 10.7. The second-order valence-electron chi connectivity index (χ2n) is 6.25. The molecule has 2 aromatic carbocycles. The SMILES string of the molecule is COC(=O)CCCCCn1cnc(-c2ccccc2)c1-c1ccccc1. The fourth-order valence-electron chi connectivity index (χ4n) is 3.09. The van der Waals surface area contributed by atoms with Crippen LogP contribution >= 0.6 is 0 Å². The van der Waals surface area contributed by atoms with Crippen LogP contribution in [0.15, 0.2) is 67.0 Å². The summed E-state index contributed by atoms with van der Waals surface area (Å²) in [5.74, 6) is -0.135. The van der Waals surface area contributed by atoms with Crippen molar-refractivity contribution in [2.75, 3.05) is 7.11 Å². The van der Waals surface area contributed by atoms with Crippen LogP contribution < -0.4 is 0 Å². The molecule has 3 rings (SSSR count). The van der Waals surface area contributed by atoms with E-state index >= 15 is 0 Å². The van der Waals surface area contributed by atoms with Gasteiger partial charge in [0, 0.05) is 24.1 Å². The lowest BCUT2D eigenvalue weighted by Gasteiger charge is -2.11. The fraction of sp³-hybridized carbons (Fsp3) is 0.273. The minimum Gasteiger partial charge on any atom is -0.469 e. The highest BCUT2D eigenvalue weighted by atomic mass is 16.5. The van der Waals surface area contributed by atoms with Gasteiger partial charge in [-0.05, 0) is 12.8 Å². The van der Waals surface area contributed by atoms with E-state index in [2.05, 4.69) is 41.0 Å². The molecule has 0 aliphatic heterocycles. The van der Waals surface area contributed by atoms with E-state index < -0.39 is 0 Å². The number of aromatic nitrogens is 2. The largest absolute Gasteiger partial charge is 0.469 e. The lowest BCUT2D eigenvalue weighted by atomic mass is 10.0. The zero-order valence-electron chi connectivity index (χ0n) is 15.1. The van der Waals surface area contributed by atoms with E-state index in [0.717, 1.165) is 42.8 Å². The van der Waals surface area contributed by atoms with Crippen LogP contribution in [0.3, 0.4) is 0 Å². The number of methoxy groups -OCH3 is 1. The first-order valence-corrected chi connectivity index (χ1v) is 9.02. The van der Waals surface area contributed by atoms with Crippen LogP contribution in [0.5, 0.6) is 0 Å². The summed E-state index contributed by atoms with van der Waals surface area (Å²) in [6, 6.07) is 20.7. The van der Waals surface area contributed by atoms with Crippen molar-refractivity contribution < 1.29 is 9.53 Å². The zero-order chi connectivity index (χ0) is 18.2. The highest BCUT2D eigenvalue weighted by Crippen LogP contribution is 2.31. The maximum absolute atomic E-state index is 11.2. The first kappa shape index (κ1) is 17.9. The summed E-state index contributed by atoms with van der Waals surface area (Å²) in [7, 11) is 1.44. The van der Waals surface area contributed by atoms with E-state index in [9.17, 15) is 4.79 Å². The third kappa shape index (κ3) is 4.39. The Morgan fingerprint density at radius 2 is 1.58 bits per heavy atom. The highest BCUT2D eigenvalue weighted by molar-refractivity contribution is 5.78. The Labute approximate surface area is 154 Å². The van der Waals surface area contributed by atoms with Crippen molar-refractivity contribution >= 4 is 5.97 Å². The summed E-state index contributed by atoms with van der Waals surface area (Å²) < 4.78 is 6.91. The second-order valence-corrected chi connectivity index (χ2v) is 6.25. The van der Waals surface area contributed by atoms with Crippen molar-refractivity contribution in [2.45, 2.75) is 32.2 Å². The lowest BCUT2D eigenvalue weighted by molar-refractivity contribution is -0.140. The topological polar surface area (TPSA) is 44.1 Å². The van der Waals surface area contributed by atoms with Gasteiger partial charge in [0.15, 0.2) is 0 Å². The third-order valence-corrected chi connectivity index (χ3v) is 4.44. The number of unbranched alkanes of at least 4 members (excludes halogenated alkanes) is 2. The van der Waals surface area contributed by atoms with Crippen molar-refractivity contribution in [3.8, 4) is 22.5 Å². The summed E-state index contributed by atoms with van der Waals surface area (Å²) in [5.41, 5.74) is 4.44. The third-order valence-electron chi connectivity index (χ3n) is 4.44. The second kappa shape index (κ2) is 8.99. The average molecular weight is 348 g/mol. The average Bonchev–Trinajstić information content (AvgIpc) is 3.12. The first-order valence-electron chi connectivity index (χ1n) is 9.02. The fourth-order valence-corrected chi connectivity index (χ4v) is 3.09. The maximum Gasteiger partial charge on any atom is 0.305 e. The van der Waals surface area contributed by atoms with E-state index in [1.807, 2.05) is 30.6 Å². The molecule has 0 spiro atoms. The molecule has 0 atom stereocenters. The Hall–Kier alpha value is -2.88. The van der Waals surface area contributed by atoms with Crippen LogP contribution in [0, 0.1) is 0 Å². The minimum absolute atomic E-state index is 0.135. The molecule has 0 saturated heterocycles. The number of aryl methyl sites for hydroxylation is 1.